The fourth-order valence-corrected chi connectivity index (χ4v) is 7.32. The summed E-state index contributed by atoms with van der Waals surface area (Å²) in [5.41, 5.74) is -1.22. The molecule has 100 valence electrons. The number of hydrogen-bond acceptors (Lipinski definition) is 0. The first-order chi connectivity index (χ1) is 7.71. The van der Waals surface area contributed by atoms with Crippen LogP contribution in [0.1, 0.15) is 13.3 Å². The van der Waals surface area contributed by atoms with E-state index in [1.807, 2.05) is 6.92 Å². The van der Waals surface area contributed by atoms with Crippen LogP contribution in [0.15, 0.2) is 0 Å². The molecule has 0 spiro atoms. The van der Waals surface area contributed by atoms with E-state index in [1.54, 1.807) is 0 Å². The van der Waals surface area contributed by atoms with Crippen LogP contribution in [0.25, 0.3) is 0 Å². The molecular formula is C10H11Cl7. The van der Waals surface area contributed by atoms with Gasteiger partial charge in [-0.05, 0) is 6.42 Å². The molecule has 2 aliphatic rings. The highest BCUT2D eigenvalue weighted by atomic mass is 35.5. The first-order valence-electron chi connectivity index (χ1n) is 5.19. The summed E-state index contributed by atoms with van der Waals surface area (Å²) in [6.07, 6.45) is 0.584. The maximum atomic E-state index is 6.43. The predicted octanol–water partition coefficient (Wildman–Crippen LogP) is 5.44. The highest BCUT2D eigenvalue weighted by molar-refractivity contribution is 6.48. The van der Waals surface area contributed by atoms with Crippen molar-refractivity contribution in [2.75, 3.05) is 0 Å². The largest absolute Gasteiger partial charge is 0.123 e. The van der Waals surface area contributed by atoms with Gasteiger partial charge >= 0.3 is 0 Å². The lowest BCUT2D eigenvalue weighted by Crippen LogP contribution is -2.47. The van der Waals surface area contributed by atoms with Gasteiger partial charge in [0.25, 0.3) is 0 Å². The van der Waals surface area contributed by atoms with E-state index in [0.29, 0.717) is 6.42 Å². The second-order valence-corrected chi connectivity index (χ2v) is 8.74. The Kier molecular flexibility index (Phi) is 4.35. The summed E-state index contributed by atoms with van der Waals surface area (Å²) in [6, 6.07) is 0. The molecule has 6 atom stereocenters. The van der Waals surface area contributed by atoms with Crippen molar-refractivity contribution in [3.8, 4) is 0 Å². The van der Waals surface area contributed by atoms with E-state index in [-0.39, 0.29) is 22.0 Å². The van der Waals surface area contributed by atoms with Crippen molar-refractivity contribution in [1.82, 2.24) is 0 Å². The Morgan fingerprint density at radius 1 is 1.00 bits per heavy atom. The van der Waals surface area contributed by atoms with Gasteiger partial charge in [-0.1, -0.05) is 6.92 Å². The van der Waals surface area contributed by atoms with Gasteiger partial charge in [0.2, 0.25) is 0 Å². The summed E-state index contributed by atoms with van der Waals surface area (Å²) < 4.78 is 0. The van der Waals surface area contributed by atoms with Crippen molar-refractivity contribution < 1.29 is 0 Å². The predicted molar refractivity (Wildman–Crippen MR) is 78.6 cm³/mol. The molecule has 2 saturated carbocycles. The monoisotopic (exact) mass is 376 g/mol. The molecule has 0 saturated heterocycles. The lowest BCUT2D eigenvalue weighted by molar-refractivity contribution is 0.140. The van der Waals surface area contributed by atoms with Gasteiger partial charge in [0, 0.05) is 22.1 Å². The third-order valence-electron chi connectivity index (χ3n) is 4.58. The quantitative estimate of drug-likeness (QED) is 0.561. The zero-order valence-electron chi connectivity index (χ0n) is 8.82. The molecule has 7 heteroatoms. The molecule has 0 aromatic carbocycles. The molecule has 0 aliphatic heterocycles. The molecule has 0 aromatic rings. The van der Waals surface area contributed by atoms with Crippen LogP contribution in [0, 0.1) is 16.7 Å². The first-order valence-corrected chi connectivity index (χ1v) is 8.25. The van der Waals surface area contributed by atoms with Gasteiger partial charge in [-0.15, -0.1) is 81.2 Å². The van der Waals surface area contributed by atoms with Gasteiger partial charge < -0.3 is 0 Å². The van der Waals surface area contributed by atoms with E-state index in [0.717, 1.165) is 0 Å². The van der Waals surface area contributed by atoms with Gasteiger partial charge in [0.15, 0.2) is 0 Å². The normalized spacial score (nSPS) is 54.0. The van der Waals surface area contributed by atoms with Gasteiger partial charge in [0.05, 0.1) is 10.8 Å². The van der Waals surface area contributed by atoms with E-state index in [2.05, 4.69) is 0 Å². The highest BCUT2D eigenvalue weighted by Crippen LogP contribution is 2.74. The van der Waals surface area contributed by atoms with Gasteiger partial charge in [-0.2, -0.15) is 0 Å². The van der Waals surface area contributed by atoms with Crippen LogP contribution >= 0.6 is 81.2 Å². The maximum absolute atomic E-state index is 6.43. The Balaban J connectivity index is 2.59. The van der Waals surface area contributed by atoms with Crippen molar-refractivity contribution in [3.05, 3.63) is 0 Å². The Morgan fingerprint density at radius 3 is 1.88 bits per heavy atom. The topological polar surface area (TPSA) is 0 Å². The van der Waals surface area contributed by atoms with Crippen LogP contribution in [-0.2, 0) is 0 Å². The van der Waals surface area contributed by atoms with Crippen molar-refractivity contribution >= 4 is 81.2 Å². The molecule has 0 aromatic heterocycles. The number of hydrogen-bond donors (Lipinski definition) is 0. The third-order valence-corrected chi connectivity index (χ3v) is 8.00. The average Bonchev–Trinajstić information content (AvgIpc) is 2.54. The number of alkyl halides is 7. The van der Waals surface area contributed by atoms with Crippen LogP contribution in [0.5, 0.6) is 0 Å². The van der Waals surface area contributed by atoms with Crippen molar-refractivity contribution in [1.29, 1.82) is 0 Å². The standard InChI is InChI=1S/C10H11Cl7/c1-9(7(14)15)4-3(11)2-10(9,8(16)17)6(13)5(4)12/h3-8H,2H2,1H3/t3-,4?,5+,6-,9?,10?/m0/s1. The minimum atomic E-state index is -0.704. The summed E-state index contributed by atoms with van der Waals surface area (Å²) in [5.74, 6) is -0.0895. The van der Waals surface area contributed by atoms with Crippen molar-refractivity contribution in [2.45, 2.75) is 39.1 Å². The SMILES string of the molecule is CC1(C(Cl)Cl)C2[C@@H](Cl)[C@H](Cl)C1(C(Cl)Cl)C[C@@H]2Cl. The van der Waals surface area contributed by atoms with Gasteiger partial charge in [-0.25, -0.2) is 0 Å². The van der Waals surface area contributed by atoms with Crippen LogP contribution in [-0.4, -0.2) is 25.8 Å². The second kappa shape index (κ2) is 4.79. The average molecular weight is 379 g/mol. The maximum Gasteiger partial charge on any atom is 0.115 e. The van der Waals surface area contributed by atoms with Crippen LogP contribution in [0.4, 0.5) is 0 Å². The lowest BCUT2D eigenvalue weighted by Gasteiger charge is -2.44. The summed E-state index contributed by atoms with van der Waals surface area (Å²) >= 11 is 43.8. The molecule has 2 aliphatic carbocycles. The number of halogens is 7. The number of rotatable bonds is 2. The van der Waals surface area contributed by atoms with E-state index < -0.39 is 20.5 Å². The fourth-order valence-electron chi connectivity index (χ4n) is 3.55. The van der Waals surface area contributed by atoms with Gasteiger partial charge in [-0.3, -0.25) is 0 Å². The first kappa shape index (κ1) is 15.4. The lowest BCUT2D eigenvalue weighted by atomic mass is 9.70. The minimum Gasteiger partial charge on any atom is -0.123 e. The van der Waals surface area contributed by atoms with Gasteiger partial charge in [0.1, 0.15) is 9.67 Å². The molecule has 0 nitrogen and oxygen atoms in total. The van der Waals surface area contributed by atoms with Crippen molar-refractivity contribution in [2.24, 2.45) is 16.7 Å². The fraction of sp³-hybridized carbons (Fsp3) is 1.00. The zero-order chi connectivity index (χ0) is 13.2. The summed E-state index contributed by atoms with van der Waals surface area (Å²) in [4.78, 5) is -1.37. The minimum absolute atomic E-state index is 0.0895. The third kappa shape index (κ3) is 1.71. The molecule has 2 rings (SSSR count). The van der Waals surface area contributed by atoms with Crippen molar-refractivity contribution in [3.63, 3.8) is 0 Å². The van der Waals surface area contributed by atoms with E-state index in [4.69, 9.17) is 81.2 Å². The van der Waals surface area contributed by atoms with Crippen LogP contribution in [0.3, 0.4) is 0 Å². The summed E-state index contributed by atoms with van der Waals surface area (Å²) in [7, 11) is 0. The Hall–Kier alpha value is 2.03. The van der Waals surface area contributed by atoms with E-state index >= 15 is 0 Å². The molecule has 0 N–H and O–H groups in total. The molecule has 2 fully saturated rings. The zero-order valence-corrected chi connectivity index (χ0v) is 14.1. The number of fused-ring (bicyclic) bond motifs is 2. The molecule has 0 heterocycles. The molecule has 0 radical (unpaired) electrons. The second-order valence-electron chi connectivity index (χ2n) is 5.02. The Labute approximate surface area is 136 Å². The summed E-state index contributed by atoms with van der Waals surface area (Å²) in [5, 5.41) is -0.857. The highest BCUT2D eigenvalue weighted by Gasteiger charge is 2.76. The molecule has 0 amide bonds. The van der Waals surface area contributed by atoms with Crippen LogP contribution in [0.2, 0.25) is 0 Å². The molecule has 17 heavy (non-hydrogen) atoms. The Morgan fingerprint density at radius 2 is 1.53 bits per heavy atom. The van der Waals surface area contributed by atoms with E-state index in [1.165, 1.54) is 0 Å². The van der Waals surface area contributed by atoms with Crippen LogP contribution < -0.4 is 0 Å². The summed E-state index contributed by atoms with van der Waals surface area (Å²) in [6.45, 7) is 1.93. The van der Waals surface area contributed by atoms with E-state index in [9.17, 15) is 0 Å². The smallest absolute Gasteiger partial charge is 0.115 e. The Bertz CT molecular complexity index is 320. The molecule has 3 unspecified atom stereocenters. The molecular weight excluding hydrogens is 368 g/mol. The molecule has 2 bridgehead atoms.